The quantitative estimate of drug-likeness (QED) is 0.0717. The molecule has 1 aromatic carbocycles. The van der Waals surface area contributed by atoms with Crippen molar-refractivity contribution in [2.45, 2.75) is 110 Å². The summed E-state index contributed by atoms with van der Waals surface area (Å²) >= 11 is 0. The molecule has 0 aliphatic carbocycles. The van der Waals surface area contributed by atoms with Gasteiger partial charge in [-0.1, -0.05) is 53.7 Å². The van der Waals surface area contributed by atoms with E-state index in [1.54, 1.807) is 53.7 Å². The van der Waals surface area contributed by atoms with E-state index in [0.29, 0.717) is 5.56 Å². The third-order valence-electron chi connectivity index (χ3n) is 7.88. The Morgan fingerprint density at radius 2 is 1.12 bits per heavy atom. The van der Waals surface area contributed by atoms with Gasteiger partial charge in [-0.3, -0.25) is 33.6 Å². The van der Waals surface area contributed by atoms with Crippen molar-refractivity contribution < 1.29 is 53.7 Å². The van der Waals surface area contributed by atoms with Crippen LogP contribution in [0.2, 0.25) is 0 Å². The number of carboxylic acids is 2. The van der Waals surface area contributed by atoms with Gasteiger partial charge in [0.05, 0.1) is 18.4 Å². The van der Waals surface area contributed by atoms with Gasteiger partial charge in [-0.05, 0) is 55.2 Å². The monoisotopic (exact) mass is 735 g/mol. The van der Waals surface area contributed by atoms with Gasteiger partial charge in [0, 0.05) is 0 Å². The average Bonchev–Trinajstić information content (AvgIpc) is 3.00. The Morgan fingerprint density at radius 1 is 0.673 bits per heavy atom. The third kappa shape index (κ3) is 14.9. The molecule has 290 valence electrons. The van der Waals surface area contributed by atoms with Crippen molar-refractivity contribution in [2.24, 2.45) is 29.2 Å². The Hall–Kier alpha value is -5.26. The van der Waals surface area contributed by atoms with Gasteiger partial charge in [0.15, 0.2) is 0 Å². The SMILES string of the molecule is CC(C)C[C@H](NC(=O)[C@H](CC(=O)O)NC(=O)[C@H](CC(N)=O)NC(=O)[C@@H](NC(=O)[C@@H](NC(=O)[C@@](C)(N)Cc1ccc(O)cc1)C(C)C)C(C)C)C(=O)O. The predicted octanol–water partition coefficient (Wildman–Crippen LogP) is -1.13. The summed E-state index contributed by atoms with van der Waals surface area (Å²) in [6.45, 7) is 11.3. The minimum absolute atomic E-state index is 0.00414. The van der Waals surface area contributed by atoms with Crippen molar-refractivity contribution in [1.82, 2.24) is 26.6 Å². The van der Waals surface area contributed by atoms with Crippen molar-refractivity contribution in [1.29, 1.82) is 0 Å². The number of carbonyl (C=O) groups excluding carboxylic acids is 6. The maximum Gasteiger partial charge on any atom is 0.326 e. The molecule has 12 N–H and O–H groups in total. The number of aromatic hydroxyl groups is 1. The molecular formula is C34H53N7O11. The number of phenolic OH excluding ortho intramolecular Hbond substituents is 1. The van der Waals surface area contributed by atoms with E-state index in [1.165, 1.54) is 19.1 Å². The van der Waals surface area contributed by atoms with Gasteiger partial charge in [-0.15, -0.1) is 0 Å². The van der Waals surface area contributed by atoms with E-state index in [-0.39, 0.29) is 24.5 Å². The van der Waals surface area contributed by atoms with Crippen molar-refractivity contribution in [3.8, 4) is 5.75 Å². The number of aliphatic carboxylic acids is 2. The fourth-order valence-electron chi connectivity index (χ4n) is 5.03. The molecule has 0 aromatic heterocycles. The molecule has 0 radical (unpaired) electrons. The number of amides is 6. The summed E-state index contributed by atoms with van der Waals surface area (Å²) in [5.74, 6) is -9.86. The van der Waals surface area contributed by atoms with Crippen LogP contribution in [0.3, 0.4) is 0 Å². The molecule has 1 rings (SSSR count). The largest absolute Gasteiger partial charge is 0.508 e. The second-order valence-electron chi connectivity index (χ2n) is 14.1. The zero-order chi connectivity index (χ0) is 40.1. The van der Waals surface area contributed by atoms with Crippen molar-refractivity contribution in [3.63, 3.8) is 0 Å². The molecule has 0 aliphatic rings. The van der Waals surface area contributed by atoms with Crippen LogP contribution in [0.1, 0.15) is 73.3 Å². The van der Waals surface area contributed by atoms with Gasteiger partial charge in [-0.25, -0.2) is 4.79 Å². The van der Waals surface area contributed by atoms with Crippen LogP contribution in [-0.2, 0) is 44.8 Å². The standard InChI is InChI=1S/C34H53N7O11/c1-16(2)12-23(32(50)51)39-29(47)22(14-25(44)45)37-28(46)21(13-24(35)43)38-30(48)26(17(3)4)40-31(49)27(18(5)6)41-33(52)34(7,36)15-19-8-10-20(42)11-9-19/h8-11,16-18,21-23,26-27,42H,12-15,36H2,1-7H3,(H2,35,43)(H,37,46)(H,38,48)(H,39,47)(H,40,49)(H,41,52)(H,44,45)(H,50,51)/t21-,22-,23-,26-,27-,34-/m0/s1. The molecule has 52 heavy (non-hydrogen) atoms. The first-order valence-corrected chi connectivity index (χ1v) is 16.8. The molecule has 0 aliphatic heterocycles. The van der Waals surface area contributed by atoms with E-state index in [1.807, 2.05) is 0 Å². The first-order valence-electron chi connectivity index (χ1n) is 16.8. The van der Waals surface area contributed by atoms with E-state index in [4.69, 9.17) is 11.5 Å². The fraction of sp³-hybridized carbons (Fsp3) is 0.588. The highest BCUT2D eigenvalue weighted by molar-refractivity contribution is 5.98. The Balaban J connectivity index is 3.19. The highest BCUT2D eigenvalue weighted by atomic mass is 16.4. The molecule has 0 saturated heterocycles. The molecule has 0 fully saturated rings. The molecule has 0 spiro atoms. The molecule has 1 aromatic rings. The Bertz CT molecular complexity index is 1460. The molecule has 6 amide bonds. The zero-order valence-corrected chi connectivity index (χ0v) is 30.5. The summed E-state index contributed by atoms with van der Waals surface area (Å²) in [7, 11) is 0. The minimum Gasteiger partial charge on any atom is -0.508 e. The van der Waals surface area contributed by atoms with Gasteiger partial charge in [0.25, 0.3) is 0 Å². The van der Waals surface area contributed by atoms with Gasteiger partial charge in [-0.2, -0.15) is 0 Å². The average molecular weight is 736 g/mol. The lowest BCUT2D eigenvalue weighted by molar-refractivity contribution is -0.144. The molecule has 6 atom stereocenters. The summed E-state index contributed by atoms with van der Waals surface area (Å²) in [4.78, 5) is 102. The third-order valence-corrected chi connectivity index (χ3v) is 7.88. The topological polar surface area (TPSA) is 309 Å². The van der Waals surface area contributed by atoms with Crippen LogP contribution < -0.4 is 38.1 Å². The van der Waals surface area contributed by atoms with Crippen LogP contribution in [0.4, 0.5) is 0 Å². The highest BCUT2D eigenvalue weighted by Crippen LogP contribution is 2.16. The molecule has 18 heteroatoms. The van der Waals surface area contributed by atoms with Crippen molar-refractivity contribution in [3.05, 3.63) is 29.8 Å². The number of hydrogen-bond donors (Lipinski definition) is 10. The van der Waals surface area contributed by atoms with Crippen molar-refractivity contribution in [2.75, 3.05) is 0 Å². The lowest BCUT2D eigenvalue weighted by Crippen LogP contribution is -2.62. The van der Waals surface area contributed by atoms with Gasteiger partial charge < -0.3 is 53.4 Å². The number of carbonyl (C=O) groups is 8. The van der Waals surface area contributed by atoms with Crippen molar-refractivity contribution >= 4 is 47.4 Å². The van der Waals surface area contributed by atoms with Crippen LogP contribution in [0, 0.1) is 17.8 Å². The van der Waals surface area contributed by atoms with Gasteiger partial charge in [0.2, 0.25) is 35.4 Å². The van der Waals surface area contributed by atoms with Crippen LogP contribution in [-0.4, -0.2) is 98.4 Å². The van der Waals surface area contributed by atoms with Gasteiger partial charge in [0.1, 0.15) is 36.0 Å². The predicted molar refractivity (Wildman–Crippen MR) is 187 cm³/mol. The summed E-state index contributed by atoms with van der Waals surface area (Å²) < 4.78 is 0. The highest BCUT2D eigenvalue weighted by Gasteiger charge is 2.37. The number of primary amides is 1. The molecule has 18 nitrogen and oxygen atoms in total. The summed E-state index contributed by atoms with van der Waals surface area (Å²) in [5.41, 5.74) is 10.8. The van der Waals surface area contributed by atoms with Crippen LogP contribution in [0.5, 0.6) is 5.75 Å². The maximum absolute atomic E-state index is 13.5. The molecule has 0 unspecified atom stereocenters. The Labute approximate surface area is 302 Å². The fourth-order valence-corrected chi connectivity index (χ4v) is 5.03. The smallest absolute Gasteiger partial charge is 0.326 e. The Kier molecular flexibility index (Phi) is 17.2. The minimum atomic E-state index is -1.80. The lowest BCUT2D eigenvalue weighted by Gasteiger charge is -2.31. The summed E-state index contributed by atoms with van der Waals surface area (Å²) in [6.07, 6.45) is -1.68. The van der Waals surface area contributed by atoms with E-state index in [9.17, 15) is 53.7 Å². The lowest BCUT2D eigenvalue weighted by atomic mass is 9.91. The first-order chi connectivity index (χ1) is 23.9. The number of hydrogen-bond acceptors (Lipinski definition) is 10. The summed E-state index contributed by atoms with van der Waals surface area (Å²) in [6, 6.07) is -1.35. The van der Waals surface area contributed by atoms with Crippen LogP contribution in [0.15, 0.2) is 24.3 Å². The number of nitrogens with one attached hydrogen (secondary N) is 5. The summed E-state index contributed by atoms with van der Waals surface area (Å²) in [5, 5.41) is 40.3. The zero-order valence-electron chi connectivity index (χ0n) is 30.5. The number of benzene rings is 1. The molecule has 0 bridgehead atoms. The van der Waals surface area contributed by atoms with E-state index >= 15 is 0 Å². The number of nitrogens with two attached hydrogens (primary N) is 2. The molecular weight excluding hydrogens is 682 g/mol. The number of phenols is 1. The normalized spacial score (nSPS) is 15.3. The first kappa shape index (κ1) is 44.8. The number of carboxylic acid groups (broad SMARTS) is 2. The molecule has 0 heterocycles. The van der Waals surface area contributed by atoms with E-state index in [0.717, 1.165) is 0 Å². The Morgan fingerprint density at radius 3 is 1.56 bits per heavy atom. The van der Waals surface area contributed by atoms with Crippen LogP contribution >= 0.6 is 0 Å². The van der Waals surface area contributed by atoms with Gasteiger partial charge >= 0.3 is 11.9 Å². The van der Waals surface area contributed by atoms with Crippen LogP contribution in [0.25, 0.3) is 0 Å². The second kappa shape index (κ2) is 20.0. The van der Waals surface area contributed by atoms with E-state index < -0.39 is 108 Å². The van der Waals surface area contributed by atoms with E-state index in [2.05, 4.69) is 26.6 Å². The number of rotatable bonds is 21. The second-order valence-corrected chi connectivity index (χ2v) is 14.1. The maximum atomic E-state index is 13.5. The molecule has 0 saturated carbocycles.